The normalized spacial score (nSPS) is 9.20. The standard InChI is InChI=1S/C5H5N3S2/c1-3-4(9-2-6)5(7)10-8-3/h7H2,1H3. The molecule has 0 unspecified atom stereocenters. The summed E-state index contributed by atoms with van der Waals surface area (Å²) in [6.07, 6.45) is 0. The lowest BCUT2D eigenvalue weighted by Crippen LogP contribution is -1.80. The molecule has 1 aromatic rings. The molecule has 1 aromatic heterocycles. The van der Waals surface area contributed by atoms with Gasteiger partial charge >= 0.3 is 0 Å². The lowest BCUT2D eigenvalue weighted by molar-refractivity contribution is 1.25. The first kappa shape index (κ1) is 7.38. The first-order chi connectivity index (χ1) is 4.75. The van der Waals surface area contributed by atoms with E-state index in [0.717, 1.165) is 22.4 Å². The lowest BCUT2D eigenvalue weighted by atomic mass is 10.5. The summed E-state index contributed by atoms with van der Waals surface area (Å²) in [5.74, 6) is 0. The first-order valence-corrected chi connectivity index (χ1v) is 4.12. The number of nitriles is 1. The molecule has 5 heteroatoms. The van der Waals surface area contributed by atoms with Crippen molar-refractivity contribution in [1.29, 1.82) is 5.26 Å². The minimum atomic E-state index is 0.629. The quantitative estimate of drug-likeness (QED) is 0.515. The smallest absolute Gasteiger partial charge is 0.138 e. The van der Waals surface area contributed by atoms with E-state index in [-0.39, 0.29) is 0 Å². The summed E-state index contributed by atoms with van der Waals surface area (Å²) < 4.78 is 3.98. The Morgan fingerprint density at radius 2 is 2.50 bits per heavy atom. The zero-order valence-electron chi connectivity index (χ0n) is 5.29. The Balaban J connectivity index is 3.01. The Hall–Kier alpha value is -0.730. The van der Waals surface area contributed by atoms with E-state index in [2.05, 4.69) is 4.37 Å². The molecule has 0 aromatic carbocycles. The predicted octanol–water partition coefficient (Wildman–Crippen LogP) is 1.61. The Morgan fingerprint density at radius 3 is 2.90 bits per heavy atom. The molecule has 0 atom stereocenters. The van der Waals surface area contributed by atoms with E-state index in [4.69, 9.17) is 11.0 Å². The highest BCUT2D eigenvalue weighted by atomic mass is 32.2. The van der Waals surface area contributed by atoms with Gasteiger partial charge in [0.2, 0.25) is 0 Å². The number of thiocyanates is 1. The molecule has 0 spiro atoms. The SMILES string of the molecule is Cc1nsc(N)c1SC#N. The number of rotatable bonds is 1. The average molecular weight is 171 g/mol. The second kappa shape index (κ2) is 2.90. The van der Waals surface area contributed by atoms with Gasteiger partial charge in [-0.05, 0) is 30.2 Å². The summed E-state index contributed by atoms with van der Waals surface area (Å²) in [7, 11) is 0. The van der Waals surface area contributed by atoms with Crippen LogP contribution in [0.4, 0.5) is 5.00 Å². The molecule has 0 amide bonds. The van der Waals surface area contributed by atoms with Gasteiger partial charge in [-0.15, -0.1) is 0 Å². The molecule has 0 aliphatic heterocycles. The number of nitrogen functional groups attached to an aromatic ring is 1. The molecule has 0 fully saturated rings. The molecule has 10 heavy (non-hydrogen) atoms. The topological polar surface area (TPSA) is 62.7 Å². The first-order valence-electron chi connectivity index (χ1n) is 2.53. The summed E-state index contributed by atoms with van der Waals surface area (Å²) in [6.45, 7) is 1.84. The molecule has 0 saturated heterocycles. The number of nitrogens with two attached hydrogens (primary N) is 1. The monoisotopic (exact) mass is 171 g/mol. The maximum absolute atomic E-state index is 8.32. The van der Waals surface area contributed by atoms with Gasteiger partial charge in [-0.2, -0.15) is 9.64 Å². The number of hydrogen-bond acceptors (Lipinski definition) is 5. The van der Waals surface area contributed by atoms with Crippen LogP contribution in [0, 0.1) is 17.6 Å². The van der Waals surface area contributed by atoms with Crippen molar-refractivity contribution in [2.24, 2.45) is 0 Å². The Morgan fingerprint density at radius 1 is 1.80 bits per heavy atom. The van der Waals surface area contributed by atoms with Crippen LogP contribution >= 0.6 is 23.3 Å². The van der Waals surface area contributed by atoms with Gasteiger partial charge in [0.05, 0.1) is 10.6 Å². The van der Waals surface area contributed by atoms with Gasteiger partial charge in [0.15, 0.2) is 0 Å². The Labute approximate surface area is 67.0 Å². The second-order valence-corrected chi connectivity index (χ2v) is 3.25. The summed E-state index contributed by atoms with van der Waals surface area (Å²) in [6, 6.07) is 0. The summed E-state index contributed by atoms with van der Waals surface area (Å²) in [5, 5.41) is 10.9. The molecular formula is C5H5N3S2. The maximum Gasteiger partial charge on any atom is 0.138 e. The minimum Gasteiger partial charge on any atom is -0.388 e. The third kappa shape index (κ3) is 1.23. The van der Waals surface area contributed by atoms with Gasteiger partial charge in [0.1, 0.15) is 10.4 Å². The van der Waals surface area contributed by atoms with Gasteiger partial charge in [-0.1, -0.05) is 0 Å². The van der Waals surface area contributed by atoms with Gasteiger partial charge in [0.25, 0.3) is 0 Å². The third-order valence-corrected chi connectivity index (χ3v) is 2.69. The highest BCUT2D eigenvalue weighted by Crippen LogP contribution is 2.30. The van der Waals surface area contributed by atoms with E-state index in [0.29, 0.717) is 5.00 Å². The minimum absolute atomic E-state index is 0.629. The van der Waals surface area contributed by atoms with Crippen LogP contribution < -0.4 is 5.73 Å². The van der Waals surface area contributed by atoms with Gasteiger partial charge in [-0.3, -0.25) is 0 Å². The van der Waals surface area contributed by atoms with Gasteiger partial charge in [0, 0.05) is 0 Å². The van der Waals surface area contributed by atoms with Crippen LogP contribution in [0.3, 0.4) is 0 Å². The zero-order chi connectivity index (χ0) is 7.56. The highest BCUT2D eigenvalue weighted by Gasteiger charge is 2.06. The van der Waals surface area contributed by atoms with Crippen molar-refractivity contribution in [3.63, 3.8) is 0 Å². The van der Waals surface area contributed by atoms with Crippen LogP contribution in [-0.2, 0) is 0 Å². The molecule has 0 saturated carbocycles. The number of hydrogen-bond donors (Lipinski definition) is 1. The summed E-state index contributed by atoms with van der Waals surface area (Å²) in [5.41, 5.74) is 6.35. The Bertz CT molecular complexity index is 253. The fourth-order valence-electron chi connectivity index (χ4n) is 0.549. The van der Waals surface area contributed by atoms with Crippen molar-refractivity contribution in [2.75, 3.05) is 5.73 Å². The molecule has 2 N–H and O–H groups in total. The van der Waals surface area contributed by atoms with E-state index >= 15 is 0 Å². The number of anilines is 1. The third-order valence-electron chi connectivity index (χ3n) is 0.981. The van der Waals surface area contributed by atoms with E-state index in [9.17, 15) is 0 Å². The van der Waals surface area contributed by atoms with Crippen LogP contribution in [0.2, 0.25) is 0 Å². The fourth-order valence-corrected chi connectivity index (χ4v) is 1.79. The number of aryl methyl sites for hydroxylation is 1. The number of nitrogens with zero attached hydrogens (tertiary/aromatic N) is 2. The maximum atomic E-state index is 8.32. The van der Waals surface area contributed by atoms with Crippen molar-refractivity contribution in [1.82, 2.24) is 4.37 Å². The largest absolute Gasteiger partial charge is 0.388 e. The van der Waals surface area contributed by atoms with Crippen molar-refractivity contribution < 1.29 is 0 Å². The van der Waals surface area contributed by atoms with E-state index < -0.39 is 0 Å². The molecule has 0 bridgehead atoms. The molecule has 52 valence electrons. The summed E-state index contributed by atoms with van der Waals surface area (Å²) >= 11 is 2.29. The van der Waals surface area contributed by atoms with Crippen molar-refractivity contribution >= 4 is 28.3 Å². The predicted molar refractivity (Wildman–Crippen MR) is 42.7 cm³/mol. The van der Waals surface area contributed by atoms with E-state index in [1.54, 1.807) is 0 Å². The van der Waals surface area contributed by atoms with Crippen LogP contribution in [-0.4, -0.2) is 4.37 Å². The number of aromatic nitrogens is 1. The average Bonchev–Trinajstić information content (AvgIpc) is 2.20. The van der Waals surface area contributed by atoms with Crippen LogP contribution in [0.1, 0.15) is 5.69 Å². The van der Waals surface area contributed by atoms with Crippen LogP contribution in [0.5, 0.6) is 0 Å². The summed E-state index contributed by atoms with van der Waals surface area (Å²) in [4.78, 5) is 0.799. The van der Waals surface area contributed by atoms with E-state index in [1.165, 1.54) is 11.5 Å². The highest BCUT2D eigenvalue weighted by molar-refractivity contribution is 8.04. The van der Waals surface area contributed by atoms with Crippen molar-refractivity contribution in [3.8, 4) is 5.40 Å². The molecule has 3 nitrogen and oxygen atoms in total. The zero-order valence-corrected chi connectivity index (χ0v) is 6.92. The molecular weight excluding hydrogens is 166 g/mol. The lowest BCUT2D eigenvalue weighted by Gasteiger charge is -1.88. The fraction of sp³-hybridized carbons (Fsp3) is 0.200. The number of thioether (sulfide) groups is 1. The van der Waals surface area contributed by atoms with Gasteiger partial charge in [-0.25, -0.2) is 0 Å². The molecule has 1 heterocycles. The molecule has 0 radical (unpaired) electrons. The van der Waals surface area contributed by atoms with Crippen molar-refractivity contribution in [2.45, 2.75) is 11.8 Å². The van der Waals surface area contributed by atoms with Gasteiger partial charge < -0.3 is 5.73 Å². The molecule has 0 aliphatic carbocycles. The van der Waals surface area contributed by atoms with Crippen LogP contribution in [0.15, 0.2) is 4.90 Å². The van der Waals surface area contributed by atoms with E-state index in [1.807, 2.05) is 12.3 Å². The molecule has 1 rings (SSSR count). The van der Waals surface area contributed by atoms with Crippen LogP contribution in [0.25, 0.3) is 0 Å². The Kier molecular flexibility index (Phi) is 2.14. The van der Waals surface area contributed by atoms with Crippen molar-refractivity contribution in [3.05, 3.63) is 5.69 Å². The molecule has 0 aliphatic rings. The second-order valence-electron chi connectivity index (χ2n) is 1.65.